The van der Waals surface area contributed by atoms with Gasteiger partial charge in [0.05, 0.1) is 13.8 Å². The molecule has 0 N–H and O–H groups in total. The molecule has 34 heavy (non-hydrogen) atoms. The summed E-state index contributed by atoms with van der Waals surface area (Å²) in [6, 6.07) is 41.0. The summed E-state index contributed by atoms with van der Waals surface area (Å²) >= 11 is 0. The molecule has 0 aliphatic rings. The van der Waals surface area contributed by atoms with E-state index in [9.17, 15) is 0 Å². The average Bonchev–Trinajstić information content (AvgIpc) is 2.89. The predicted octanol–water partition coefficient (Wildman–Crippen LogP) is 8.29. The molecule has 0 saturated heterocycles. The van der Waals surface area contributed by atoms with Crippen molar-refractivity contribution < 1.29 is 0 Å². The molecule has 5 aromatic rings. The van der Waals surface area contributed by atoms with Gasteiger partial charge in [-0.25, -0.2) is 0 Å². The van der Waals surface area contributed by atoms with E-state index in [1.807, 2.05) is 0 Å². The summed E-state index contributed by atoms with van der Waals surface area (Å²) in [7, 11) is -1.57. The van der Waals surface area contributed by atoms with Crippen LogP contribution in [-0.2, 0) is 0 Å². The van der Waals surface area contributed by atoms with Crippen molar-refractivity contribution in [2.24, 2.45) is 0 Å². The monoisotopic (exact) mass is 455 g/mol. The molecule has 0 saturated carbocycles. The summed E-state index contributed by atoms with van der Waals surface area (Å²) in [6.07, 6.45) is 2.13. The minimum Gasteiger partial charge on any atom is -0.256 e. The maximum Gasteiger partial charge on any atom is 0.0804 e. The molecular formula is C32H29NSi. The Kier molecular flexibility index (Phi) is 6.00. The molecule has 0 radical (unpaired) electrons. The minimum absolute atomic E-state index is 1.01. The van der Waals surface area contributed by atoms with Gasteiger partial charge in [0.15, 0.2) is 0 Å². The fourth-order valence-electron chi connectivity index (χ4n) is 4.44. The Morgan fingerprint density at radius 1 is 0.471 bits per heavy atom. The van der Waals surface area contributed by atoms with E-state index in [0.29, 0.717) is 0 Å². The predicted molar refractivity (Wildman–Crippen MR) is 149 cm³/mol. The van der Waals surface area contributed by atoms with Gasteiger partial charge in [0.1, 0.15) is 0 Å². The molecule has 0 bridgehead atoms. The lowest BCUT2D eigenvalue weighted by Crippen LogP contribution is -2.39. The number of nitrogens with zero attached hydrogens (tertiary/aromatic N) is 1. The van der Waals surface area contributed by atoms with E-state index >= 15 is 0 Å². The summed E-state index contributed by atoms with van der Waals surface area (Å²) in [4.78, 5) is 5.01. The Morgan fingerprint density at radius 2 is 0.912 bits per heavy atom. The largest absolute Gasteiger partial charge is 0.256 e. The van der Waals surface area contributed by atoms with Gasteiger partial charge in [-0.05, 0) is 62.8 Å². The third-order valence-corrected chi connectivity index (χ3v) is 8.25. The van der Waals surface area contributed by atoms with Crippen LogP contribution in [0.3, 0.4) is 0 Å². The van der Waals surface area contributed by atoms with E-state index < -0.39 is 8.07 Å². The first-order chi connectivity index (χ1) is 16.5. The van der Waals surface area contributed by atoms with Crippen molar-refractivity contribution in [1.29, 1.82) is 0 Å². The second-order valence-electron chi connectivity index (χ2n) is 9.76. The van der Waals surface area contributed by atoms with Crippen LogP contribution >= 0.6 is 0 Å². The number of aromatic nitrogens is 1. The van der Waals surface area contributed by atoms with Crippen molar-refractivity contribution in [3.05, 3.63) is 121 Å². The molecule has 1 heterocycles. The van der Waals surface area contributed by atoms with Crippen LogP contribution in [0.25, 0.3) is 44.6 Å². The van der Waals surface area contributed by atoms with Crippen molar-refractivity contribution >= 4 is 13.3 Å². The third-order valence-electron chi connectivity index (χ3n) is 6.24. The Bertz CT molecular complexity index is 1340. The summed E-state index contributed by atoms with van der Waals surface area (Å²) in [6.45, 7) is 7.17. The average molecular weight is 456 g/mol. The van der Waals surface area contributed by atoms with Gasteiger partial charge < -0.3 is 0 Å². The first kappa shape index (κ1) is 22.1. The van der Waals surface area contributed by atoms with Gasteiger partial charge in [0.25, 0.3) is 0 Å². The van der Waals surface area contributed by atoms with Crippen LogP contribution in [-0.4, -0.2) is 13.1 Å². The number of hydrogen-bond acceptors (Lipinski definition) is 1. The standard InChI is InChI=1S/C32H29NSi/c1-34(2,3)32-23-33-31(22-30(32)26-17-11-6-12-18-26)29-20-27(24-13-7-4-8-14-24)19-28(21-29)25-15-9-5-10-16-25/h4-23H,1-3H3. The topological polar surface area (TPSA) is 12.9 Å². The fraction of sp³-hybridized carbons (Fsp3) is 0.0938. The first-order valence-corrected chi connectivity index (χ1v) is 15.3. The van der Waals surface area contributed by atoms with E-state index in [-0.39, 0.29) is 0 Å². The van der Waals surface area contributed by atoms with E-state index in [0.717, 1.165) is 11.3 Å². The number of hydrogen-bond donors (Lipinski definition) is 0. The Hall–Kier alpha value is -3.75. The number of rotatable bonds is 5. The van der Waals surface area contributed by atoms with Gasteiger partial charge in [0.2, 0.25) is 0 Å². The van der Waals surface area contributed by atoms with Gasteiger partial charge >= 0.3 is 0 Å². The van der Waals surface area contributed by atoms with Crippen LogP contribution in [0.15, 0.2) is 121 Å². The maximum absolute atomic E-state index is 5.01. The molecule has 0 fully saturated rings. The van der Waals surface area contributed by atoms with Crippen LogP contribution in [0, 0.1) is 0 Å². The second-order valence-corrected chi connectivity index (χ2v) is 14.8. The smallest absolute Gasteiger partial charge is 0.0804 e. The van der Waals surface area contributed by atoms with Crippen molar-refractivity contribution in [2.75, 3.05) is 0 Å². The molecule has 0 unspecified atom stereocenters. The molecule has 4 aromatic carbocycles. The molecule has 0 aliphatic carbocycles. The lowest BCUT2D eigenvalue weighted by atomic mass is 9.94. The van der Waals surface area contributed by atoms with Gasteiger partial charge in [-0.15, -0.1) is 0 Å². The number of pyridine rings is 1. The minimum atomic E-state index is -1.57. The SMILES string of the molecule is C[Si](C)(C)c1cnc(-c2cc(-c3ccccc3)cc(-c3ccccc3)c2)cc1-c1ccccc1. The summed E-state index contributed by atoms with van der Waals surface area (Å²) in [5.74, 6) is 0. The van der Waals surface area contributed by atoms with E-state index in [1.165, 1.54) is 38.6 Å². The molecule has 1 aromatic heterocycles. The first-order valence-electron chi connectivity index (χ1n) is 11.8. The third kappa shape index (κ3) is 4.64. The van der Waals surface area contributed by atoms with Gasteiger partial charge in [-0.2, -0.15) is 0 Å². The maximum atomic E-state index is 5.01. The highest BCUT2D eigenvalue weighted by Gasteiger charge is 2.22. The van der Waals surface area contributed by atoms with Crippen molar-refractivity contribution in [1.82, 2.24) is 4.98 Å². The molecule has 166 valence electrons. The Balaban J connectivity index is 1.72. The van der Waals surface area contributed by atoms with E-state index in [1.54, 1.807) is 0 Å². The summed E-state index contributed by atoms with van der Waals surface area (Å²) < 4.78 is 0. The van der Waals surface area contributed by atoms with Gasteiger partial charge in [-0.3, -0.25) is 4.98 Å². The lowest BCUT2D eigenvalue weighted by molar-refractivity contribution is 1.34. The number of benzene rings is 4. The molecule has 5 rings (SSSR count). The molecule has 0 atom stereocenters. The van der Waals surface area contributed by atoms with Crippen molar-refractivity contribution in [3.63, 3.8) is 0 Å². The van der Waals surface area contributed by atoms with E-state index in [2.05, 4.69) is 141 Å². The zero-order chi connectivity index (χ0) is 23.5. The summed E-state index contributed by atoms with van der Waals surface area (Å²) in [5, 5.41) is 1.39. The molecule has 0 aliphatic heterocycles. The van der Waals surface area contributed by atoms with Crippen LogP contribution in [0.4, 0.5) is 0 Å². The molecular weight excluding hydrogens is 426 g/mol. The lowest BCUT2D eigenvalue weighted by Gasteiger charge is -2.22. The fourth-order valence-corrected chi connectivity index (χ4v) is 5.91. The van der Waals surface area contributed by atoms with Gasteiger partial charge in [-0.1, -0.05) is 111 Å². The van der Waals surface area contributed by atoms with Crippen molar-refractivity contribution in [2.45, 2.75) is 19.6 Å². The Morgan fingerprint density at radius 3 is 1.38 bits per heavy atom. The highest BCUT2D eigenvalue weighted by atomic mass is 28.3. The second kappa shape index (κ2) is 9.24. The summed E-state index contributed by atoms with van der Waals surface area (Å²) in [5.41, 5.74) is 9.54. The van der Waals surface area contributed by atoms with Gasteiger partial charge in [0, 0.05) is 11.8 Å². The highest BCUT2D eigenvalue weighted by molar-refractivity contribution is 6.89. The highest BCUT2D eigenvalue weighted by Crippen LogP contribution is 2.33. The molecule has 1 nitrogen and oxygen atoms in total. The van der Waals surface area contributed by atoms with Crippen LogP contribution in [0.5, 0.6) is 0 Å². The molecule has 0 amide bonds. The normalized spacial score (nSPS) is 11.4. The Labute approximate surface area is 203 Å². The van der Waals surface area contributed by atoms with Crippen LogP contribution < -0.4 is 5.19 Å². The molecule has 2 heteroatoms. The van der Waals surface area contributed by atoms with Crippen LogP contribution in [0.2, 0.25) is 19.6 Å². The quantitative estimate of drug-likeness (QED) is 0.243. The zero-order valence-corrected chi connectivity index (χ0v) is 21.0. The zero-order valence-electron chi connectivity index (χ0n) is 20.0. The van der Waals surface area contributed by atoms with Crippen molar-refractivity contribution in [3.8, 4) is 44.6 Å². The van der Waals surface area contributed by atoms with E-state index in [4.69, 9.17) is 4.98 Å². The van der Waals surface area contributed by atoms with Crippen LogP contribution in [0.1, 0.15) is 0 Å². The molecule has 0 spiro atoms.